The molecule has 4 nitrogen and oxygen atoms in total. The predicted octanol–water partition coefficient (Wildman–Crippen LogP) is 3.91. The molecule has 4 heteroatoms. The van der Waals surface area contributed by atoms with E-state index in [-0.39, 0.29) is 24.2 Å². The number of carbonyl (C=O) groups excluding carboxylic acids is 2. The molecule has 0 saturated carbocycles. The van der Waals surface area contributed by atoms with E-state index in [4.69, 9.17) is 0 Å². The Bertz CT molecular complexity index is 822. The highest BCUT2D eigenvalue weighted by atomic mass is 16.2. The van der Waals surface area contributed by atoms with E-state index in [1.165, 1.54) is 0 Å². The lowest BCUT2D eigenvalue weighted by atomic mass is 10.1. The van der Waals surface area contributed by atoms with Crippen molar-refractivity contribution in [3.8, 4) is 0 Å². The molecule has 1 saturated heterocycles. The van der Waals surface area contributed by atoms with Gasteiger partial charge in [-0.25, -0.2) is 0 Å². The smallest absolute Gasteiger partial charge is 0.229 e. The van der Waals surface area contributed by atoms with Crippen LogP contribution in [0.2, 0.25) is 0 Å². The van der Waals surface area contributed by atoms with Gasteiger partial charge in [-0.1, -0.05) is 18.2 Å². The fraction of sp³-hybridized carbons (Fsp3) is 0.333. The zero-order valence-corrected chi connectivity index (χ0v) is 15.2. The SMILES string of the molecule is Cc1cc(C)cc(NC(=O)C2CC(=O)N(c3cccc(C)c3C)C2)c1. The van der Waals surface area contributed by atoms with E-state index >= 15 is 0 Å². The molecule has 2 aromatic carbocycles. The van der Waals surface area contributed by atoms with Crippen LogP contribution in [0.3, 0.4) is 0 Å². The lowest BCUT2D eigenvalue weighted by Crippen LogP contribution is -2.28. The number of hydrogen-bond acceptors (Lipinski definition) is 2. The van der Waals surface area contributed by atoms with E-state index < -0.39 is 0 Å². The summed E-state index contributed by atoms with van der Waals surface area (Å²) in [4.78, 5) is 26.8. The number of rotatable bonds is 3. The van der Waals surface area contributed by atoms with Crippen molar-refractivity contribution in [1.82, 2.24) is 0 Å². The molecule has 1 N–H and O–H groups in total. The summed E-state index contributed by atoms with van der Waals surface area (Å²) in [6.45, 7) is 8.48. The molecular weight excluding hydrogens is 312 g/mol. The van der Waals surface area contributed by atoms with E-state index in [2.05, 4.69) is 11.4 Å². The number of nitrogens with one attached hydrogen (secondary N) is 1. The van der Waals surface area contributed by atoms with Crippen LogP contribution in [-0.2, 0) is 9.59 Å². The van der Waals surface area contributed by atoms with Crippen LogP contribution in [0.15, 0.2) is 36.4 Å². The van der Waals surface area contributed by atoms with Crippen molar-refractivity contribution in [1.29, 1.82) is 0 Å². The van der Waals surface area contributed by atoms with Crippen molar-refractivity contribution in [3.05, 3.63) is 58.7 Å². The second-order valence-electron chi connectivity index (χ2n) is 6.99. The number of hydrogen-bond donors (Lipinski definition) is 1. The van der Waals surface area contributed by atoms with E-state index in [1.54, 1.807) is 4.90 Å². The molecule has 0 aliphatic carbocycles. The van der Waals surface area contributed by atoms with Gasteiger partial charge in [-0.2, -0.15) is 0 Å². The third-order valence-electron chi connectivity index (χ3n) is 4.85. The quantitative estimate of drug-likeness (QED) is 0.924. The van der Waals surface area contributed by atoms with Crippen molar-refractivity contribution in [2.24, 2.45) is 5.92 Å². The molecule has 0 bridgehead atoms. The summed E-state index contributed by atoms with van der Waals surface area (Å²) in [5.74, 6) is -0.409. The molecule has 3 rings (SSSR count). The van der Waals surface area contributed by atoms with Gasteiger partial charge in [0.25, 0.3) is 0 Å². The number of benzene rings is 2. The number of anilines is 2. The maximum absolute atomic E-state index is 12.6. The Morgan fingerprint density at radius 3 is 2.44 bits per heavy atom. The number of nitrogens with zero attached hydrogens (tertiary/aromatic N) is 1. The van der Waals surface area contributed by atoms with Gasteiger partial charge in [-0.3, -0.25) is 9.59 Å². The zero-order chi connectivity index (χ0) is 18.1. The first-order valence-electron chi connectivity index (χ1n) is 8.61. The highest BCUT2D eigenvalue weighted by Gasteiger charge is 2.35. The second kappa shape index (κ2) is 6.71. The molecule has 1 aliphatic heterocycles. The van der Waals surface area contributed by atoms with Crippen molar-refractivity contribution in [3.63, 3.8) is 0 Å². The van der Waals surface area contributed by atoms with Crippen molar-refractivity contribution >= 4 is 23.2 Å². The fourth-order valence-electron chi connectivity index (χ4n) is 3.44. The first-order valence-corrected chi connectivity index (χ1v) is 8.61. The molecule has 2 aromatic rings. The van der Waals surface area contributed by atoms with Crippen LogP contribution in [0, 0.1) is 33.6 Å². The Morgan fingerprint density at radius 2 is 1.76 bits per heavy atom. The standard InChI is InChI=1S/C21H24N2O2/c1-13-8-14(2)10-18(9-13)22-21(25)17-11-20(24)23(12-17)19-7-5-6-15(3)16(19)4/h5-10,17H,11-12H2,1-4H3,(H,22,25). The number of aryl methyl sites for hydroxylation is 3. The summed E-state index contributed by atoms with van der Waals surface area (Å²) in [6, 6.07) is 11.9. The van der Waals surface area contributed by atoms with Gasteiger partial charge in [0.1, 0.15) is 0 Å². The average Bonchev–Trinajstić information content (AvgIpc) is 2.91. The molecule has 0 aromatic heterocycles. The maximum Gasteiger partial charge on any atom is 0.229 e. The first-order chi connectivity index (χ1) is 11.8. The van der Waals surface area contributed by atoms with E-state index in [0.717, 1.165) is 33.6 Å². The van der Waals surface area contributed by atoms with Gasteiger partial charge in [0.15, 0.2) is 0 Å². The van der Waals surface area contributed by atoms with E-state index in [9.17, 15) is 9.59 Å². The second-order valence-corrected chi connectivity index (χ2v) is 6.99. The molecule has 2 amide bonds. The van der Waals surface area contributed by atoms with E-state index in [0.29, 0.717) is 6.54 Å². The molecule has 1 heterocycles. The van der Waals surface area contributed by atoms with Gasteiger partial charge >= 0.3 is 0 Å². The maximum atomic E-state index is 12.6. The highest BCUT2D eigenvalue weighted by molar-refractivity contribution is 6.04. The van der Waals surface area contributed by atoms with Gasteiger partial charge in [0.2, 0.25) is 11.8 Å². The third kappa shape index (κ3) is 3.58. The molecular formula is C21H24N2O2. The summed E-state index contributed by atoms with van der Waals surface area (Å²) < 4.78 is 0. The lowest BCUT2D eigenvalue weighted by molar-refractivity contribution is -0.122. The molecule has 0 radical (unpaired) electrons. The molecule has 1 aliphatic rings. The lowest BCUT2D eigenvalue weighted by Gasteiger charge is -2.20. The molecule has 1 unspecified atom stereocenters. The minimum absolute atomic E-state index is 0.00859. The largest absolute Gasteiger partial charge is 0.326 e. The normalized spacial score (nSPS) is 17.0. The van der Waals surface area contributed by atoms with Crippen LogP contribution in [0.25, 0.3) is 0 Å². The van der Waals surface area contributed by atoms with Crippen LogP contribution in [0.5, 0.6) is 0 Å². The molecule has 1 fully saturated rings. The Hall–Kier alpha value is -2.62. The Kier molecular flexibility index (Phi) is 4.62. The third-order valence-corrected chi connectivity index (χ3v) is 4.85. The first kappa shape index (κ1) is 17.2. The molecule has 0 spiro atoms. The minimum Gasteiger partial charge on any atom is -0.326 e. The summed E-state index contributed by atoms with van der Waals surface area (Å²) in [5.41, 5.74) is 6.15. The van der Waals surface area contributed by atoms with Gasteiger partial charge in [0, 0.05) is 24.3 Å². The van der Waals surface area contributed by atoms with Crippen molar-refractivity contribution in [2.75, 3.05) is 16.8 Å². The monoisotopic (exact) mass is 336 g/mol. The van der Waals surface area contributed by atoms with Crippen LogP contribution in [0.4, 0.5) is 11.4 Å². The number of carbonyl (C=O) groups is 2. The molecule has 130 valence electrons. The Morgan fingerprint density at radius 1 is 1.08 bits per heavy atom. The topological polar surface area (TPSA) is 49.4 Å². The van der Waals surface area contributed by atoms with Crippen molar-refractivity contribution < 1.29 is 9.59 Å². The van der Waals surface area contributed by atoms with Crippen LogP contribution < -0.4 is 10.2 Å². The fourth-order valence-corrected chi connectivity index (χ4v) is 3.44. The minimum atomic E-state index is -0.326. The summed E-state index contributed by atoms with van der Waals surface area (Å²) in [7, 11) is 0. The summed E-state index contributed by atoms with van der Waals surface area (Å²) >= 11 is 0. The van der Waals surface area contributed by atoms with Gasteiger partial charge in [-0.05, 0) is 68.1 Å². The number of amides is 2. The van der Waals surface area contributed by atoms with Crippen LogP contribution >= 0.6 is 0 Å². The Balaban J connectivity index is 1.75. The zero-order valence-electron chi connectivity index (χ0n) is 15.2. The van der Waals surface area contributed by atoms with Crippen LogP contribution in [-0.4, -0.2) is 18.4 Å². The summed E-state index contributed by atoms with van der Waals surface area (Å²) in [5, 5.41) is 2.97. The molecule has 25 heavy (non-hydrogen) atoms. The Labute approximate surface area is 148 Å². The van der Waals surface area contributed by atoms with E-state index in [1.807, 2.05) is 58.0 Å². The molecule has 1 atom stereocenters. The van der Waals surface area contributed by atoms with Crippen molar-refractivity contribution in [2.45, 2.75) is 34.1 Å². The van der Waals surface area contributed by atoms with Crippen LogP contribution in [0.1, 0.15) is 28.7 Å². The predicted molar refractivity (Wildman–Crippen MR) is 101 cm³/mol. The van der Waals surface area contributed by atoms with Gasteiger partial charge in [0.05, 0.1) is 5.92 Å². The summed E-state index contributed by atoms with van der Waals surface area (Å²) in [6.07, 6.45) is 0.254. The van der Waals surface area contributed by atoms with Gasteiger partial charge < -0.3 is 10.2 Å². The highest BCUT2D eigenvalue weighted by Crippen LogP contribution is 2.30. The average molecular weight is 336 g/mol. The van der Waals surface area contributed by atoms with Gasteiger partial charge in [-0.15, -0.1) is 0 Å².